The summed E-state index contributed by atoms with van der Waals surface area (Å²) in [6, 6.07) is 11.4. The number of aryl methyl sites for hydroxylation is 1. The van der Waals surface area contributed by atoms with Crippen LogP contribution >= 0.6 is 23.2 Å². The van der Waals surface area contributed by atoms with E-state index < -0.39 is 10.8 Å². The van der Waals surface area contributed by atoms with Crippen LogP contribution < -0.4 is 0 Å². The van der Waals surface area contributed by atoms with E-state index in [0.717, 1.165) is 48.9 Å². The van der Waals surface area contributed by atoms with E-state index in [2.05, 4.69) is 10.2 Å². The third-order valence-electron chi connectivity index (χ3n) is 8.30. The standard InChI is InChI=1S/C29H30Cl2N4O3S/c30-25-15-21(18-1-3-19(4-2-18)28(36)34-9-11-39(38)12-10-34)16-26(31)24(25)14-20-7-8-35(29(20)37)23-5-6-27-22(13-23)17-32-33-27/h1-4,15-17,20,23H,5-14H2,(H,32,33). The molecule has 0 saturated carbocycles. The molecule has 2 unspecified atom stereocenters. The average molecular weight is 586 g/mol. The van der Waals surface area contributed by atoms with Gasteiger partial charge in [-0.05, 0) is 78.6 Å². The molecule has 3 aliphatic rings. The third kappa shape index (κ3) is 5.39. The lowest BCUT2D eigenvalue weighted by Gasteiger charge is -2.31. The van der Waals surface area contributed by atoms with Crippen LogP contribution in [0.5, 0.6) is 0 Å². The predicted octanol–water partition coefficient (Wildman–Crippen LogP) is 4.54. The van der Waals surface area contributed by atoms with Crippen molar-refractivity contribution < 1.29 is 13.8 Å². The lowest BCUT2D eigenvalue weighted by atomic mass is 9.92. The summed E-state index contributed by atoms with van der Waals surface area (Å²) in [5.74, 6) is 1.07. The number of H-pyrrole nitrogens is 1. The maximum absolute atomic E-state index is 13.4. The molecule has 2 amide bonds. The Hall–Kier alpha value is -2.68. The summed E-state index contributed by atoms with van der Waals surface area (Å²) >= 11 is 13.5. The van der Waals surface area contributed by atoms with Gasteiger partial charge in [-0.1, -0.05) is 35.3 Å². The molecule has 6 rings (SSSR count). The Bertz CT molecular complexity index is 1410. The Kier molecular flexibility index (Phi) is 7.53. The summed E-state index contributed by atoms with van der Waals surface area (Å²) in [7, 11) is -0.825. The van der Waals surface area contributed by atoms with Gasteiger partial charge in [0.2, 0.25) is 5.91 Å². The van der Waals surface area contributed by atoms with Crippen LogP contribution in [-0.2, 0) is 34.9 Å². The first-order valence-electron chi connectivity index (χ1n) is 13.4. The minimum absolute atomic E-state index is 0.0432. The predicted molar refractivity (Wildman–Crippen MR) is 154 cm³/mol. The minimum Gasteiger partial charge on any atom is -0.339 e. The van der Waals surface area contributed by atoms with E-state index in [1.54, 1.807) is 4.90 Å². The molecule has 3 aromatic rings. The number of benzene rings is 2. The number of carbonyl (C=O) groups is 2. The first-order chi connectivity index (χ1) is 18.9. The van der Waals surface area contributed by atoms with Gasteiger partial charge in [0.05, 0.1) is 6.20 Å². The van der Waals surface area contributed by atoms with Crippen molar-refractivity contribution in [2.24, 2.45) is 5.92 Å². The molecule has 2 atom stereocenters. The van der Waals surface area contributed by atoms with Crippen molar-refractivity contribution >= 4 is 45.8 Å². The van der Waals surface area contributed by atoms with E-state index in [1.807, 2.05) is 47.5 Å². The lowest BCUT2D eigenvalue weighted by Crippen LogP contribution is -2.41. The van der Waals surface area contributed by atoms with Gasteiger partial charge in [-0.2, -0.15) is 5.10 Å². The van der Waals surface area contributed by atoms with E-state index in [0.29, 0.717) is 46.6 Å². The molecule has 1 aromatic heterocycles. The summed E-state index contributed by atoms with van der Waals surface area (Å²) in [6.45, 7) is 1.80. The summed E-state index contributed by atoms with van der Waals surface area (Å²) in [5, 5.41) is 8.31. The number of amides is 2. The molecule has 1 aliphatic carbocycles. The maximum Gasteiger partial charge on any atom is 0.253 e. The first-order valence-corrected chi connectivity index (χ1v) is 15.7. The third-order valence-corrected chi connectivity index (χ3v) is 10.3. The highest BCUT2D eigenvalue weighted by atomic mass is 35.5. The molecular formula is C29H30Cl2N4O3S. The molecule has 2 aromatic carbocycles. The van der Waals surface area contributed by atoms with Gasteiger partial charge in [-0.25, -0.2) is 0 Å². The number of nitrogens with one attached hydrogen (secondary N) is 1. The van der Waals surface area contributed by atoms with Crippen molar-refractivity contribution in [3.63, 3.8) is 0 Å². The van der Waals surface area contributed by atoms with Gasteiger partial charge in [0.1, 0.15) is 0 Å². The normalized spacial score (nSPS) is 21.8. The fourth-order valence-corrected chi connectivity index (χ4v) is 7.71. The minimum atomic E-state index is -0.825. The van der Waals surface area contributed by atoms with Crippen molar-refractivity contribution in [2.45, 2.75) is 38.1 Å². The highest BCUT2D eigenvalue weighted by Gasteiger charge is 2.38. The second-order valence-corrected chi connectivity index (χ2v) is 13.1. The molecule has 10 heteroatoms. The Morgan fingerprint density at radius 1 is 1.03 bits per heavy atom. The summed E-state index contributed by atoms with van der Waals surface area (Å²) < 4.78 is 11.6. The number of hydrogen-bond donors (Lipinski definition) is 1. The zero-order valence-electron chi connectivity index (χ0n) is 21.5. The Morgan fingerprint density at radius 2 is 1.74 bits per heavy atom. The smallest absolute Gasteiger partial charge is 0.253 e. The molecule has 2 aliphatic heterocycles. The molecule has 0 radical (unpaired) electrons. The van der Waals surface area contributed by atoms with E-state index in [1.165, 1.54) is 11.3 Å². The number of rotatable bonds is 5. The lowest BCUT2D eigenvalue weighted by molar-refractivity contribution is -0.133. The Balaban J connectivity index is 1.12. The van der Waals surface area contributed by atoms with Crippen LogP contribution in [0.2, 0.25) is 10.0 Å². The Morgan fingerprint density at radius 3 is 2.46 bits per heavy atom. The van der Waals surface area contributed by atoms with Gasteiger partial charge in [-0.3, -0.25) is 18.9 Å². The quantitative estimate of drug-likeness (QED) is 0.477. The van der Waals surface area contributed by atoms with Crippen LogP contribution in [0.4, 0.5) is 0 Å². The fraction of sp³-hybridized carbons (Fsp3) is 0.414. The average Bonchev–Trinajstić information content (AvgIpc) is 3.56. The molecule has 0 spiro atoms. The van der Waals surface area contributed by atoms with Crippen LogP contribution in [0.1, 0.15) is 40.0 Å². The van der Waals surface area contributed by atoms with E-state index in [9.17, 15) is 13.8 Å². The second-order valence-electron chi connectivity index (χ2n) is 10.6. The number of likely N-dealkylation sites (tertiary alicyclic amines) is 1. The molecule has 1 N–H and O–H groups in total. The highest BCUT2D eigenvalue weighted by Crippen LogP contribution is 2.36. The van der Waals surface area contributed by atoms with Gasteiger partial charge in [0.25, 0.3) is 5.91 Å². The Labute approximate surface area is 240 Å². The number of carbonyl (C=O) groups excluding carboxylic acids is 2. The number of fused-ring (bicyclic) bond motifs is 1. The number of aromatic amines is 1. The van der Waals surface area contributed by atoms with E-state index in [4.69, 9.17) is 23.2 Å². The SMILES string of the molecule is O=C(c1ccc(-c2cc(Cl)c(CC3CCN(C4CCc5[nH]ncc5C4)C3=O)c(Cl)c2)cc1)N1CCS(=O)CC1. The fourth-order valence-electron chi connectivity index (χ4n) is 6.02. The van der Waals surface area contributed by atoms with Crippen molar-refractivity contribution in [3.05, 3.63) is 75.0 Å². The zero-order chi connectivity index (χ0) is 27.1. The number of halogens is 2. The molecule has 3 heterocycles. The van der Waals surface area contributed by atoms with Gasteiger partial charge in [-0.15, -0.1) is 0 Å². The molecule has 204 valence electrons. The van der Waals surface area contributed by atoms with Crippen LogP contribution in [-0.4, -0.2) is 73.2 Å². The van der Waals surface area contributed by atoms with Crippen molar-refractivity contribution in [1.29, 1.82) is 0 Å². The van der Waals surface area contributed by atoms with Gasteiger partial charge >= 0.3 is 0 Å². The molecule has 0 bridgehead atoms. The summed E-state index contributed by atoms with van der Waals surface area (Å²) in [6.07, 6.45) is 5.92. The highest BCUT2D eigenvalue weighted by molar-refractivity contribution is 7.85. The molecule has 2 fully saturated rings. The van der Waals surface area contributed by atoms with E-state index in [-0.39, 0.29) is 23.8 Å². The van der Waals surface area contributed by atoms with Crippen LogP contribution in [0.25, 0.3) is 11.1 Å². The van der Waals surface area contributed by atoms with Gasteiger partial charge in [0, 0.05) is 75.2 Å². The molecule has 2 saturated heterocycles. The number of hydrogen-bond acceptors (Lipinski definition) is 4. The number of nitrogens with zero attached hydrogens (tertiary/aromatic N) is 3. The summed E-state index contributed by atoms with van der Waals surface area (Å²) in [5.41, 5.74) is 5.57. The van der Waals surface area contributed by atoms with Crippen molar-refractivity contribution in [2.75, 3.05) is 31.1 Å². The first kappa shape index (κ1) is 26.5. The van der Waals surface area contributed by atoms with Gasteiger partial charge in [0.15, 0.2) is 0 Å². The molecule has 39 heavy (non-hydrogen) atoms. The molecular weight excluding hydrogens is 555 g/mol. The maximum atomic E-state index is 13.4. The largest absolute Gasteiger partial charge is 0.339 e. The summed E-state index contributed by atoms with van der Waals surface area (Å²) in [4.78, 5) is 30.0. The zero-order valence-corrected chi connectivity index (χ0v) is 23.8. The van der Waals surface area contributed by atoms with Crippen LogP contribution in [0.15, 0.2) is 42.6 Å². The van der Waals surface area contributed by atoms with Crippen LogP contribution in [0.3, 0.4) is 0 Å². The number of aromatic nitrogens is 2. The van der Waals surface area contributed by atoms with Crippen LogP contribution in [0, 0.1) is 5.92 Å². The van der Waals surface area contributed by atoms with Gasteiger partial charge < -0.3 is 9.80 Å². The molecule has 7 nitrogen and oxygen atoms in total. The topological polar surface area (TPSA) is 86.4 Å². The van der Waals surface area contributed by atoms with Crippen molar-refractivity contribution in [3.8, 4) is 11.1 Å². The monoisotopic (exact) mass is 584 g/mol. The van der Waals surface area contributed by atoms with Crippen molar-refractivity contribution in [1.82, 2.24) is 20.0 Å². The van der Waals surface area contributed by atoms with E-state index >= 15 is 0 Å². The second kappa shape index (κ2) is 11.1.